The van der Waals surface area contributed by atoms with Crippen LogP contribution in [-0.4, -0.2) is 53.9 Å². The molecule has 0 aromatic heterocycles. The van der Waals surface area contributed by atoms with Gasteiger partial charge in [-0.25, -0.2) is 9.59 Å². The fourth-order valence-electron chi connectivity index (χ4n) is 3.96. The normalized spacial score (nSPS) is 15.7. The minimum Gasteiger partial charge on any atom is -0.454 e. The Morgan fingerprint density at radius 3 is 2.47 bits per heavy atom. The molecule has 1 saturated heterocycles. The quantitative estimate of drug-likeness (QED) is 0.442. The van der Waals surface area contributed by atoms with Crippen molar-refractivity contribution in [1.29, 1.82) is 0 Å². The van der Waals surface area contributed by atoms with Crippen LogP contribution in [0.3, 0.4) is 0 Å². The van der Waals surface area contributed by atoms with Gasteiger partial charge in [0.2, 0.25) is 5.91 Å². The van der Waals surface area contributed by atoms with Crippen molar-refractivity contribution in [2.75, 3.05) is 13.2 Å². The van der Waals surface area contributed by atoms with Crippen LogP contribution in [0.15, 0.2) is 54.6 Å². The van der Waals surface area contributed by atoms with Gasteiger partial charge in [0.25, 0.3) is 0 Å². The van der Waals surface area contributed by atoms with Gasteiger partial charge in [-0.1, -0.05) is 61.7 Å². The molecule has 1 aliphatic heterocycles. The van der Waals surface area contributed by atoms with Crippen LogP contribution >= 0.6 is 11.6 Å². The van der Waals surface area contributed by atoms with Crippen LogP contribution in [-0.2, 0) is 25.7 Å². The summed E-state index contributed by atoms with van der Waals surface area (Å²) in [6, 6.07) is 13.9. The molecule has 1 fully saturated rings. The van der Waals surface area contributed by atoms with Crippen LogP contribution in [0.5, 0.6) is 0 Å². The fraction of sp³-hybridized carbons (Fsp3) is 0.407. The minimum atomic E-state index is -0.821. The lowest BCUT2D eigenvalue weighted by molar-refractivity contribution is -0.131. The van der Waals surface area contributed by atoms with Gasteiger partial charge in [0.05, 0.1) is 11.6 Å². The van der Waals surface area contributed by atoms with Gasteiger partial charge in [-0.15, -0.1) is 0 Å². The summed E-state index contributed by atoms with van der Waals surface area (Å²) in [5.41, 5.74) is 1.13. The summed E-state index contributed by atoms with van der Waals surface area (Å²) >= 11 is 5.83. The zero-order valence-corrected chi connectivity index (χ0v) is 21.0. The number of halogens is 1. The molecule has 8 nitrogen and oxygen atoms in total. The lowest BCUT2D eigenvalue weighted by Gasteiger charge is -2.25. The van der Waals surface area contributed by atoms with Crippen molar-refractivity contribution in [1.82, 2.24) is 10.2 Å². The number of ketones is 1. The molecule has 192 valence electrons. The number of nitrogens with one attached hydrogen (secondary N) is 1. The van der Waals surface area contributed by atoms with Crippen molar-refractivity contribution >= 4 is 35.4 Å². The van der Waals surface area contributed by atoms with E-state index >= 15 is 0 Å². The molecule has 2 aromatic carbocycles. The van der Waals surface area contributed by atoms with Gasteiger partial charge in [-0.3, -0.25) is 14.5 Å². The first-order valence-corrected chi connectivity index (χ1v) is 12.5. The Hall–Kier alpha value is -3.39. The number of hydrogen-bond donors (Lipinski definition) is 1. The molecule has 0 bridgehead atoms. The monoisotopic (exact) mass is 514 g/mol. The van der Waals surface area contributed by atoms with Gasteiger partial charge in [-0.05, 0) is 49.1 Å². The van der Waals surface area contributed by atoms with Crippen molar-refractivity contribution in [2.45, 2.75) is 57.7 Å². The van der Waals surface area contributed by atoms with Crippen molar-refractivity contribution in [3.05, 3.63) is 70.7 Å². The summed E-state index contributed by atoms with van der Waals surface area (Å²) < 4.78 is 10.6. The van der Waals surface area contributed by atoms with Crippen molar-refractivity contribution in [3.63, 3.8) is 0 Å². The molecule has 2 amide bonds. The average Bonchev–Trinajstić information content (AvgIpc) is 3.39. The molecule has 0 unspecified atom stereocenters. The van der Waals surface area contributed by atoms with E-state index in [9.17, 15) is 19.2 Å². The Balaban J connectivity index is 1.56. The second-order valence-corrected chi connectivity index (χ2v) is 9.08. The number of rotatable bonds is 11. The second-order valence-electron chi connectivity index (χ2n) is 8.64. The van der Waals surface area contributed by atoms with E-state index in [4.69, 9.17) is 21.1 Å². The van der Waals surface area contributed by atoms with Crippen LogP contribution < -0.4 is 5.32 Å². The third-order valence-corrected chi connectivity index (χ3v) is 6.22. The minimum absolute atomic E-state index is 0.112. The van der Waals surface area contributed by atoms with E-state index in [1.807, 2.05) is 37.3 Å². The van der Waals surface area contributed by atoms with Crippen LogP contribution in [0.25, 0.3) is 0 Å². The predicted molar refractivity (Wildman–Crippen MR) is 135 cm³/mol. The summed E-state index contributed by atoms with van der Waals surface area (Å²) in [6.45, 7) is 2.02. The van der Waals surface area contributed by atoms with Crippen molar-refractivity contribution in [3.8, 4) is 0 Å². The summed E-state index contributed by atoms with van der Waals surface area (Å²) in [6.07, 6.45) is 2.51. The Labute approximate surface area is 215 Å². The van der Waals surface area contributed by atoms with E-state index in [1.54, 1.807) is 12.1 Å². The number of carbonyl (C=O) groups is 4. The number of unbranched alkanes of at least 4 members (excludes halogenated alkanes) is 1. The lowest BCUT2D eigenvalue weighted by Crippen LogP contribution is -2.51. The molecule has 1 N–H and O–H groups in total. The largest absolute Gasteiger partial charge is 0.454 e. The van der Waals surface area contributed by atoms with Gasteiger partial charge in [-0.2, -0.15) is 0 Å². The van der Waals surface area contributed by atoms with Gasteiger partial charge in [0, 0.05) is 11.6 Å². The molecule has 0 aliphatic carbocycles. The summed E-state index contributed by atoms with van der Waals surface area (Å²) in [5, 5.41) is 3.26. The molecule has 1 aliphatic rings. The number of Topliss-reactive ketones (excluding diaryl/α,β-unsaturated/α-hetero) is 1. The maximum atomic E-state index is 13.1. The standard InChI is InChI=1S/C27H31ClN2O6/c1-2-3-10-22(24(31)18-35-26(33)20-12-14-21(28)15-13-20)29-25(32)23-11-7-16-30(23)27(34)36-17-19-8-5-4-6-9-19/h4-6,8-9,12-15,22-23H,2-3,7,10-11,16-18H2,1H3,(H,29,32)/t22-,23-/m0/s1. The Kier molecular flexibility index (Phi) is 10.3. The van der Waals surface area contributed by atoms with Gasteiger partial charge >= 0.3 is 12.1 Å². The van der Waals surface area contributed by atoms with Crippen LogP contribution in [0.1, 0.15) is 54.9 Å². The molecule has 0 radical (unpaired) electrons. The topological polar surface area (TPSA) is 102 Å². The lowest BCUT2D eigenvalue weighted by atomic mass is 10.0. The average molecular weight is 515 g/mol. The van der Waals surface area contributed by atoms with Crippen LogP contribution in [0.2, 0.25) is 5.02 Å². The number of carbonyl (C=O) groups excluding carboxylic acids is 4. The maximum absolute atomic E-state index is 13.1. The molecule has 2 aromatic rings. The molecular weight excluding hydrogens is 484 g/mol. The van der Waals surface area contributed by atoms with Crippen LogP contribution in [0, 0.1) is 0 Å². The van der Waals surface area contributed by atoms with E-state index in [-0.39, 0.29) is 12.2 Å². The highest BCUT2D eigenvalue weighted by atomic mass is 35.5. The first-order valence-electron chi connectivity index (χ1n) is 12.1. The molecule has 0 saturated carbocycles. The number of esters is 1. The second kappa shape index (κ2) is 13.6. The highest BCUT2D eigenvalue weighted by Gasteiger charge is 2.36. The first kappa shape index (κ1) is 27.2. The SMILES string of the molecule is CCCC[C@H](NC(=O)[C@@H]1CCCN1C(=O)OCc1ccccc1)C(=O)COC(=O)c1ccc(Cl)cc1. The number of benzene rings is 2. The summed E-state index contributed by atoms with van der Waals surface area (Å²) in [5.74, 6) is -1.47. The molecule has 2 atom stereocenters. The van der Waals surface area contributed by atoms with E-state index in [1.165, 1.54) is 17.0 Å². The Morgan fingerprint density at radius 1 is 1.06 bits per heavy atom. The number of nitrogens with zero attached hydrogens (tertiary/aromatic N) is 1. The zero-order chi connectivity index (χ0) is 25.9. The zero-order valence-electron chi connectivity index (χ0n) is 20.3. The smallest absolute Gasteiger partial charge is 0.410 e. The van der Waals surface area contributed by atoms with E-state index in [0.717, 1.165) is 12.0 Å². The number of ether oxygens (including phenoxy) is 2. The van der Waals surface area contributed by atoms with E-state index in [2.05, 4.69) is 5.32 Å². The predicted octanol–water partition coefficient (Wildman–Crippen LogP) is 4.54. The summed E-state index contributed by atoms with van der Waals surface area (Å²) in [7, 11) is 0. The third-order valence-electron chi connectivity index (χ3n) is 5.97. The Bertz CT molecular complexity index is 1040. The van der Waals surface area contributed by atoms with E-state index < -0.39 is 42.4 Å². The maximum Gasteiger partial charge on any atom is 0.410 e. The van der Waals surface area contributed by atoms with E-state index in [0.29, 0.717) is 37.3 Å². The Morgan fingerprint density at radius 2 is 1.78 bits per heavy atom. The van der Waals surface area contributed by atoms with Crippen molar-refractivity contribution < 1.29 is 28.7 Å². The molecule has 0 spiro atoms. The molecule has 3 rings (SSSR count). The van der Waals surface area contributed by atoms with Gasteiger partial charge in [0.15, 0.2) is 12.4 Å². The number of likely N-dealkylation sites (tertiary alicyclic amines) is 1. The van der Waals surface area contributed by atoms with Gasteiger partial charge < -0.3 is 14.8 Å². The number of amides is 2. The number of hydrogen-bond acceptors (Lipinski definition) is 6. The van der Waals surface area contributed by atoms with Crippen LogP contribution in [0.4, 0.5) is 4.79 Å². The molecular formula is C27H31ClN2O6. The summed E-state index contributed by atoms with van der Waals surface area (Å²) in [4.78, 5) is 52.2. The van der Waals surface area contributed by atoms with Crippen molar-refractivity contribution in [2.24, 2.45) is 0 Å². The highest BCUT2D eigenvalue weighted by Crippen LogP contribution is 2.20. The third kappa shape index (κ3) is 7.81. The first-order chi connectivity index (χ1) is 17.4. The fourth-order valence-corrected chi connectivity index (χ4v) is 4.08. The van der Waals surface area contributed by atoms with Gasteiger partial charge in [0.1, 0.15) is 12.6 Å². The molecule has 9 heteroatoms. The molecule has 1 heterocycles. The highest BCUT2D eigenvalue weighted by molar-refractivity contribution is 6.30. The molecule has 36 heavy (non-hydrogen) atoms.